The number of amides is 1. The maximum atomic E-state index is 14.4. The molecular weight excluding hydrogens is 680 g/mol. The number of aliphatic imine (C=N–C) groups is 1. The number of hydrogen-bond donors (Lipinski definition) is 3. The van der Waals surface area contributed by atoms with Gasteiger partial charge in [0.1, 0.15) is 11.4 Å². The van der Waals surface area contributed by atoms with Crippen molar-refractivity contribution in [3.8, 4) is 5.75 Å². The van der Waals surface area contributed by atoms with Crippen molar-refractivity contribution < 1.29 is 28.9 Å². The number of carbonyl (C=O) groups is 2. The molecule has 3 aromatic carbocycles. The minimum absolute atomic E-state index is 0.0247. The minimum atomic E-state index is -1.61. The summed E-state index contributed by atoms with van der Waals surface area (Å²) < 4.78 is 18.8. The molecule has 0 aliphatic carbocycles. The first kappa shape index (κ1) is 36.4. The molecule has 0 bridgehead atoms. The fourth-order valence-electron chi connectivity index (χ4n) is 5.18. The average Bonchev–Trinajstić information content (AvgIpc) is 3.46. The Bertz CT molecular complexity index is 1620. The molecule has 1 heterocycles. The standard InChI is InChI=1S/C35H41BrN6O6/c1-34(2,3)48-30(44)17-19-35(33(45)41-38-20-18-24-9-13-27(36)14-10-24)31(29-8-5-4-7-26(29)23-39-42-37)47-32(40-35)25-11-15-28(16-12-25)46-22-6-21-43/h4-5,7-16,31,38,43H,6,17-23H2,1-3H3,(H,41,45)/t31-,35-/m0/s1. The van der Waals surface area contributed by atoms with E-state index in [9.17, 15) is 9.59 Å². The Morgan fingerprint density at radius 2 is 1.83 bits per heavy atom. The van der Waals surface area contributed by atoms with Crippen LogP contribution in [-0.2, 0) is 32.0 Å². The van der Waals surface area contributed by atoms with Gasteiger partial charge in [0.2, 0.25) is 5.90 Å². The fourth-order valence-corrected chi connectivity index (χ4v) is 5.45. The monoisotopic (exact) mass is 720 g/mol. The van der Waals surface area contributed by atoms with Crippen LogP contribution in [0.3, 0.4) is 0 Å². The van der Waals surface area contributed by atoms with Crippen LogP contribution < -0.4 is 15.6 Å². The molecule has 48 heavy (non-hydrogen) atoms. The lowest BCUT2D eigenvalue weighted by Crippen LogP contribution is -2.53. The largest absolute Gasteiger partial charge is 0.494 e. The summed E-state index contributed by atoms with van der Waals surface area (Å²) in [5.74, 6) is -0.169. The van der Waals surface area contributed by atoms with Crippen LogP contribution in [0, 0.1) is 0 Å². The second kappa shape index (κ2) is 17.1. The number of ether oxygens (including phenoxy) is 3. The summed E-state index contributed by atoms with van der Waals surface area (Å²) in [6, 6.07) is 22.2. The normalized spacial score (nSPS) is 17.1. The number of azide groups is 1. The lowest BCUT2D eigenvalue weighted by molar-refractivity contribution is -0.155. The highest BCUT2D eigenvalue weighted by Crippen LogP contribution is 2.44. The first-order valence-corrected chi connectivity index (χ1v) is 16.5. The Labute approximate surface area is 288 Å². The summed E-state index contributed by atoms with van der Waals surface area (Å²) in [5.41, 5.74) is 15.5. The van der Waals surface area contributed by atoms with E-state index >= 15 is 0 Å². The Morgan fingerprint density at radius 3 is 2.52 bits per heavy atom. The molecule has 1 amide bonds. The predicted molar refractivity (Wildman–Crippen MR) is 185 cm³/mol. The van der Waals surface area contributed by atoms with Crippen LogP contribution in [0.15, 0.2) is 87.4 Å². The molecule has 13 heteroatoms. The van der Waals surface area contributed by atoms with Gasteiger partial charge in [0, 0.05) is 40.9 Å². The second-order valence-corrected chi connectivity index (χ2v) is 13.1. The van der Waals surface area contributed by atoms with Gasteiger partial charge in [-0.15, -0.1) is 0 Å². The van der Waals surface area contributed by atoms with E-state index in [0.29, 0.717) is 48.4 Å². The zero-order valence-electron chi connectivity index (χ0n) is 27.3. The molecule has 254 valence electrons. The van der Waals surface area contributed by atoms with Gasteiger partial charge in [-0.05, 0) is 92.2 Å². The number of hydrogen-bond acceptors (Lipinski definition) is 9. The van der Waals surface area contributed by atoms with Crippen LogP contribution in [0.5, 0.6) is 5.75 Å². The van der Waals surface area contributed by atoms with Crippen molar-refractivity contribution in [3.63, 3.8) is 0 Å². The molecule has 0 saturated heterocycles. The van der Waals surface area contributed by atoms with Crippen molar-refractivity contribution in [2.24, 2.45) is 10.1 Å². The minimum Gasteiger partial charge on any atom is -0.494 e. The third-order valence-corrected chi connectivity index (χ3v) is 7.98. The van der Waals surface area contributed by atoms with Gasteiger partial charge in [0.05, 0.1) is 13.2 Å². The summed E-state index contributed by atoms with van der Waals surface area (Å²) >= 11 is 3.44. The van der Waals surface area contributed by atoms with Crippen molar-refractivity contribution in [2.45, 2.75) is 70.2 Å². The van der Waals surface area contributed by atoms with Crippen molar-refractivity contribution >= 4 is 33.7 Å². The number of esters is 1. The first-order chi connectivity index (χ1) is 23.0. The molecule has 0 spiro atoms. The average molecular weight is 722 g/mol. The van der Waals surface area contributed by atoms with Gasteiger partial charge in [0.15, 0.2) is 11.6 Å². The Morgan fingerprint density at radius 1 is 1.10 bits per heavy atom. The topological polar surface area (TPSA) is 167 Å². The first-order valence-electron chi connectivity index (χ1n) is 15.7. The van der Waals surface area contributed by atoms with E-state index in [-0.39, 0.29) is 31.9 Å². The summed E-state index contributed by atoms with van der Waals surface area (Å²) in [7, 11) is 0. The van der Waals surface area contributed by atoms with Gasteiger partial charge in [-0.3, -0.25) is 15.0 Å². The van der Waals surface area contributed by atoms with Gasteiger partial charge in [-0.25, -0.2) is 10.4 Å². The van der Waals surface area contributed by atoms with Gasteiger partial charge >= 0.3 is 5.97 Å². The van der Waals surface area contributed by atoms with Crippen molar-refractivity contribution in [3.05, 3.63) is 110 Å². The summed E-state index contributed by atoms with van der Waals surface area (Å²) in [6.07, 6.45) is 0.0225. The summed E-state index contributed by atoms with van der Waals surface area (Å²) in [4.78, 5) is 35.2. The van der Waals surface area contributed by atoms with Crippen LogP contribution in [0.25, 0.3) is 10.4 Å². The molecule has 1 aliphatic heterocycles. The highest BCUT2D eigenvalue weighted by Gasteiger charge is 2.54. The highest BCUT2D eigenvalue weighted by atomic mass is 79.9. The van der Waals surface area contributed by atoms with E-state index in [2.05, 4.69) is 36.8 Å². The lowest BCUT2D eigenvalue weighted by Gasteiger charge is -2.31. The van der Waals surface area contributed by atoms with Gasteiger partial charge in [0.25, 0.3) is 5.91 Å². The highest BCUT2D eigenvalue weighted by molar-refractivity contribution is 9.10. The number of aliphatic hydroxyl groups excluding tert-OH is 1. The molecule has 12 nitrogen and oxygen atoms in total. The van der Waals surface area contributed by atoms with Crippen molar-refractivity contribution in [1.82, 2.24) is 10.9 Å². The fraction of sp³-hybridized carbons (Fsp3) is 0.400. The maximum absolute atomic E-state index is 14.4. The number of rotatable bonds is 16. The molecule has 4 rings (SSSR count). The van der Waals surface area contributed by atoms with E-state index in [4.69, 9.17) is 29.8 Å². The molecule has 2 atom stereocenters. The van der Waals surface area contributed by atoms with E-state index < -0.39 is 29.1 Å². The van der Waals surface area contributed by atoms with Gasteiger partial charge < -0.3 is 19.3 Å². The van der Waals surface area contributed by atoms with E-state index in [1.165, 1.54) is 0 Å². The zero-order chi connectivity index (χ0) is 34.6. The number of carbonyl (C=O) groups excluding carboxylic acids is 2. The zero-order valence-corrected chi connectivity index (χ0v) is 28.9. The number of nitrogens with one attached hydrogen (secondary N) is 2. The van der Waals surface area contributed by atoms with E-state index in [0.717, 1.165) is 10.0 Å². The summed E-state index contributed by atoms with van der Waals surface area (Å²) in [6.45, 7) is 6.19. The van der Waals surface area contributed by atoms with Gasteiger partial charge in [-0.2, -0.15) is 0 Å². The number of nitrogens with zero attached hydrogens (tertiary/aromatic N) is 4. The van der Waals surface area contributed by atoms with E-state index in [1.807, 2.05) is 36.4 Å². The molecule has 0 radical (unpaired) electrons. The third-order valence-electron chi connectivity index (χ3n) is 7.46. The molecule has 1 aliphatic rings. The van der Waals surface area contributed by atoms with Crippen molar-refractivity contribution in [1.29, 1.82) is 0 Å². The van der Waals surface area contributed by atoms with Crippen LogP contribution in [0.4, 0.5) is 0 Å². The molecular formula is C35H41BrN6O6. The summed E-state index contributed by atoms with van der Waals surface area (Å²) in [5, 5.41) is 12.8. The number of hydrazine groups is 1. The Balaban J connectivity index is 1.70. The number of halogens is 1. The third kappa shape index (κ3) is 10.0. The molecule has 3 aromatic rings. The van der Waals surface area contributed by atoms with Gasteiger partial charge in [-0.1, -0.05) is 57.4 Å². The maximum Gasteiger partial charge on any atom is 0.306 e. The molecule has 0 fully saturated rings. The van der Waals surface area contributed by atoms with Crippen LogP contribution in [-0.4, -0.2) is 53.8 Å². The number of benzene rings is 3. The smallest absolute Gasteiger partial charge is 0.306 e. The predicted octanol–water partition coefficient (Wildman–Crippen LogP) is 6.26. The molecule has 0 unspecified atom stereocenters. The molecule has 0 saturated carbocycles. The van der Waals surface area contributed by atoms with Crippen LogP contribution >= 0.6 is 15.9 Å². The molecule has 0 aromatic heterocycles. The lowest BCUT2D eigenvalue weighted by atomic mass is 9.82. The quantitative estimate of drug-likeness (QED) is 0.0392. The second-order valence-electron chi connectivity index (χ2n) is 12.2. The van der Waals surface area contributed by atoms with E-state index in [1.54, 1.807) is 57.2 Å². The van der Waals surface area contributed by atoms with Crippen LogP contribution in [0.2, 0.25) is 0 Å². The number of aliphatic hydroxyl groups is 1. The molecule has 3 N–H and O–H groups in total. The Hall–Kier alpha value is -4.42. The Kier molecular flexibility index (Phi) is 13.0. The SMILES string of the molecule is CC(C)(C)OC(=O)CC[C@]1(C(=O)NNCCc2ccc(Br)cc2)N=C(c2ccc(OCCCO)cc2)O[C@H]1c1ccccc1CN=[N+]=[N-]. The van der Waals surface area contributed by atoms with Crippen molar-refractivity contribution in [2.75, 3.05) is 19.8 Å². The van der Waals surface area contributed by atoms with Crippen LogP contribution in [0.1, 0.15) is 68.4 Å².